The zero-order chi connectivity index (χ0) is 15.2. The molecule has 1 fully saturated rings. The molecule has 1 aromatic carbocycles. The van der Waals surface area contributed by atoms with E-state index < -0.39 is 0 Å². The molecule has 3 heteroatoms. The molecule has 2 nitrogen and oxygen atoms in total. The summed E-state index contributed by atoms with van der Waals surface area (Å²) in [5.74, 6) is 0.781. The number of likely N-dealkylation sites (tertiary alicyclic amines) is 1. The van der Waals surface area contributed by atoms with Crippen LogP contribution in [0.4, 0.5) is 0 Å². The van der Waals surface area contributed by atoms with Crippen LogP contribution in [0.2, 0.25) is 5.02 Å². The third-order valence-corrected chi connectivity index (χ3v) is 5.11. The van der Waals surface area contributed by atoms with Gasteiger partial charge in [0.25, 0.3) is 0 Å². The fourth-order valence-electron chi connectivity index (χ4n) is 3.44. The molecule has 1 heterocycles. The molecule has 0 radical (unpaired) electrons. The van der Waals surface area contributed by atoms with Gasteiger partial charge in [-0.05, 0) is 70.3 Å². The third-order valence-electron chi connectivity index (χ3n) is 4.76. The molecule has 1 N–H and O–H groups in total. The number of rotatable bonds is 6. The molecule has 0 bridgehead atoms. The highest BCUT2D eigenvalue weighted by molar-refractivity contribution is 6.31. The number of halogens is 1. The van der Waals surface area contributed by atoms with Gasteiger partial charge >= 0.3 is 0 Å². The molecule has 0 spiro atoms. The highest BCUT2D eigenvalue weighted by Gasteiger charge is 2.24. The van der Waals surface area contributed by atoms with Crippen LogP contribution in [0.1, 0.15) is 51.6 Å². The van der Waals surface area contributed by atoms with Crippen LogP contribution in [0.15, 0.2) is 24.3 Å². The van der Waals surface area contributed by atoms with E-state index in [1.807, 2.05) is 12.1 Å². The summed E-state index contributed by atoms with van der Waals surface area (Å²) in [5.41, 5.74) is 1.20. The largest absolute Gasteiger partial charge is 0.307 e. The van der Waals surface area contributed by atoms with Crippen molar-refractivity contribution in [2.45, 2.75) is 52.1 Å². The van der Waals surface area contributed by atoms with Crippen LogP contribution in [-0.4, -0.2) is 30.6 Å². The van der Waals surface area contributed by atoms with Gasteiger partial charge in [-0.15, -0.1) is 0 Å². The first-order chi connectivity index (χ1) is 10.1. The Bertz CT molecular complexity index is 427. The highest BCUT2D eigenvalue weighted by atomic mass is 35.5. The van der Waals surface area contributed by atoms with Gasteiger partial charge in [-0.2, -0.15) is 0 Å². The zero-order valence-corrected chi connectivity index (χ0v) is 14.4. The number of nitrogens with zero attached hydrogens (tertiary/aromatic N) is 1. The second-order valence-electron chi connectivity index (χ2n) is 6.38. The number of nitrogens with one attached hydrogen (secondary N) is 1. The lowest BCUT2D eigenvalue weighted by Gasteiger charge is -2.36. The molecule has 0 amide bonds. The predicted octanol–water partition coefficient (Wildman–Crippen LogP) is 4.50. The van der Waals surface area contributed by atoms with Crippen LogP contribution in [-0.2, 0) is 0 Å². The Kier molecular flexibility index (Phi) is 6.53. The predicted molar refractivity (Wildman–Crippen MR) is 91.9 cm³/mol. The molecule has 1 aromatic rings. The normalized spacial score (nSPS) is 20.4. The summed E-state index contributed by atoms with van der Waals surface area (Å²) in [6.45, 7) is 10.6. The first-order valence-corrected chi connectivity index (χ1v) is 8.72. The molecule has 2 atom stereocenters. The Balaban J connectivity index is 1.84. The lowest BCUT2D eigenvalue weighted by molar-refractivity contribution is 0.159. The van der Waals surface area contributed by atoms with E-state index in [0.29, 0.717) is 12.1 Å². The van der Waals surface area contributed by atoms with Crippen LogP contribution in [0.5, 0.6) is 0 Å². The minimum Gasteiger partial charge on any atom is -0.307 e. The number of benzene rings is 1. The van der Waals surface area contributed by atoms with Crippen molar-refractivity contribution in [1.82, 2.24) is 10.2 Å². The van der Waals surface area contributed by atoms with Gasteiger partial charge in [0, 0.05) is 17.1 Å². The van der Waals surface area contributed by atoms with Crippen LogP contribution in [0.3, 0.4) is 0 Å². The van der Waals surface area contributed by atoms with E-state index in [9.17, 15) is 0 Å². The SMILES string of the molecule is CCCN1CCC(C(C)N[C@H](C)c2ccccc2Cl)CC1. The Morgan fingerprint density at radius 3 is 2.52 bits per heavy atom. The van der Waals surface area contributed by atoms with Crippen LogP contribution in [0, 0.1) is 5.92 Å². The van der Waals surface area contributed by atoms with Crippen molar-refractivity contribution < 1.29 is 0 Å². The highest BCUT2D eigenvalue weighted by Crippen LogP contribution is 2.26. The Hall–Kier alpha value is -0.570. The third kappa shape index (κ3) is 4.70. The lowest BCUT2D eigenvalue weighted by Crippen LogP contribution is -2.42. The van der Waals surface area contributed by atoms with E-state index >= 15 is 0 Å². The van der Waals surface area contributed by atoms with E-state index in [1.54, 1.807) is 0 Å². The van der Waals surface area contributed by atoms with Crippen molar-refractivity contribution in [3.8, 4) is 0 Å². The van der Waals surface area contributed by atoms with Gasteiger partial charge in [-0.1, -0.05) is 36.7 Å². The van der Waals surface area contributed by atoms with E-state index in [-0.39, 0.29) is 0 Å². The minimum absolute atomic E-state index is 0.308. The molecule has 0 saturated carbocycles. The smallest absolute Gasteiger partial charge is 0.0453 e. The molecule has 0 aliphatic carbocycles. The van der Waals surface area contributed by atoms with Crippen LogP contribution < -0.4 is 5.32 Å². The molecule has 21 heavy (non-hydrogen) atoms. The first-order valence-electron chi connectivity index (χ1n) is 8.34. The molecule has 1 aliphatic heterocycles. The summed E-state index contributed by atoms with van der Waals surface area (Å²) in [7, 11) is 0. The van der Waals surface area contributed by atoms with Crippen molar-refractivity contribution in [1.29, 1.82) is 0 Å². The maximum atomic E-state index is 6.30. The van der Waals surface area contributed by atoms with Crippen molar-refractivity contribution in [3.63, 3.8) is 0 Å². The van der Waals surface area contributed by atoms with E-state index in [4.69, 9.17) is 11.6 Å². The number of hydrogen-bond donors (Lipinski definition) is 1. The van der Waals surface area contributed by atoms with Crippen molar-refractivity contribution in [3.05, 3.63) is 34.9 Å². The molecular formula is C18H29ClN2. The topological polar surface area (TPSA) is 15.3 Å². The molecule has 0 aromatic heterocycles. The average molecular weight is 309 g/mol. The summed E-state index contributed by atoms with van der Waals surface area (Å²) in [6.07, 6.45) is 3.88. The molecule has 1 saturated heterocycles. The monoisotopic (exact) mass is 308 g/mol. The van der Waals surface area contributed by atoms with Crippen LogP contribution >= 0.6 is 11.6 Å². The molecule has 118 valence electrons. The fourth-order valence-corrected chi connectivity index (χ4v) is 3.74. The van der Waals surface area contributed by atoms with Crippen molar-refractivity contribution >= 4 is 11.6 Å². The van der Waals surface area contributed by atoms with E-state index in [0.717, 1.165) is 10.9 Å². The van der Waals surface area contributed by atoms with Gasteiger partial charge in [0.05, 0.1) is 0 Å². The zero-order valence-electron chi connectivity index (χ0n) is 13.6. The Labute approximate surface area is 134 Å². The van der Waals surface area contributed by atoms with Gasteiger partial charge in [-0.3, -0.25) is 0 Å². The summed E-state index contributed by atoms with van der Waals surface area (Å²) in [4.78, 5) is 2.60. The maximum Gasteiger partial charge on any atom is 0.0453 e. The summed E-state index contributed by atoms with van der Waals surface area (Å²) in [5, 5.41) is 4.61. The summed E-state index contributed by atoms with van der Waals surface area (Å²) in [6, 6.07) is 9.00. The fraction of sp³-hybridized carbons (Fsp3) is 0.667. The average Bonchev–Trinajstić information content (AvgIpc) is 2.48. The molecule has 1 aliphatic rings. The van der Waals surface area contributed by atoms with Gasteiger partial charge in [-0.25, -0.2) is 0 Å². The second-order valence-corrected chi connectivity index (χ2v) is 6.78. The van der Waals surface area contributed by atoms with E-state index in [2.05, 4.69) is 43.1 Å². The van der Waals surface area contributed by atoms with Crippen LogP contribution in [0.25, 0.3) is 0 Å². The Morgan fingerprint density at radius 1 is 1.24 bits per heavy atom. The van der Waals surface area contributed by atoms with Gasteiger partial charge in [0.2, 0.25) is 0 Å². The number of piperidine rings is 1. The van der Waals surface area contributed by atoms with E-state index in [1.165, 1.54) is 44.5 Å². The standard InChI is InChI=1S/C18H29ClN2/c1-4-11-21-12-9-16(10-13-21)14(2)20-15(3)17-7-5-6-8-18(17)19/h5-8,14-16,20H,4,9-13H2,1-3H3/t14?,15-/m1/s1. The van der Waals surface area contributed by atoms with Crippen molar-refractivity contribution in [2.24, 2.45) is 5.92 Å². The second kappa shape index (κ2) is 8.17. The van der Waals surface area contributed by atoms with Crippen molar-refractivity contribution in [2.75, 3.05) is 19.6 Å². The van der Waals surface area contributed by atoms with Gasteiger partial charge in [0.15, 0.2) is 0 Å². The Morgan fingerprint density at radius 2 is 1.90 bits per heavy atom. The lowest BCUT2D eigenvalue weighted by atomic mass is 9.89. The summed E-state index contributed by atoms with van der Waals surface area (Å²) >= 11 is 6.30. The number of hydrogen-bond acceptors (Lipinski definition) is 2. The van der Waals surface area contributed by atoms with Gasteiger partial charge in [0.1, 0.15) is 0 Å². The molecule has 2 rings (SSSR count). The summed E-state index contributed by atoms with van der Waals surface area (Å²) < 4.78 is 0. The quantitative estimate of drug-likeness (QED) is 0.832. The maximum absolute atomic E-state index is 6.30. The minimum atomic E-state index is 0.308. The molecule has 1 unspecified atom stereocenters. The first kappa shape index (κ1) is 16.8. The molecular weight excluding hydrogens is 280 g/mol. The van der Waals surface area contributed by atoms with Gasteiger partial charge < -0.3 is 10.2 Å².